The van der Waals surface area contributed by atoms with Crippen molar-refractivity contribution in [2.45, 2.75) is 46.5 Å². The monoisotopic (exact) mass is 219 g/mol. The van der Waals surface area contributed by atoms with Crippen molar-refractivity contribution in [2.75, 3.05) is 13.6 Å². The normalized spacial score (nSPS) is 11.9. The molecule has 0 fully saturated rings. The fourth-order valence-electron chi connectivity index (χ4n) is 2.81. The Kier molecular flexibility index (Phi) is 4.15. The van der Waals surface area contributed by atoms with Gasteiger partial charge in [-0.15, -0.1) is 0 Å². The molecule has 1 aromatic rings. The highest BCUT2D eigenvalue weighted by Gasteiger charge is 2.23. The Bertz CT molecular complexity index is 341. The van der Waals surface area contributed by atoms with Crippen LogP contribution in [-0.4, -0.2) is 13.6 Å². The molecule has 0 saturated heterocycles. The van der Waals surface area contributed by atoms with Gasteiger partial charge in [0, 0.05) is 0 Å². The van der Waals surface area contributed by atoms with Gasteiger partial charge in [-0.05, 0) is 62.9 Å². The van der Waals surface area contributed by atoms with Gasteiger partial charge in [0.2, 0.25) is 0 Å². The predicted molar refractivity (Wildman–Crippen MR) is 72.2 cm³/mol. The van der Waals surface area contributed by atoms with E-state index in [1.807, 2.05) is 7.05 Å². The van der Waals surface area contributed by atoms with Gasteiger partial charge in [-0.1, -0.05) is 31.5 Å². The topological polar surface area (TPSA) is 12.0 Å². The van der Waals surface area contributed by atoms with Crippen LogP contribution in [0.1, 0.15) is 42.5 Å². The van der Waals surface area contributed by atoms with Crippen molar-refractivity contribution in [3.63, 3.8) is 0 Å². The minimum absolute atomic E-state index is 0.255. The number of hydrogen-bond acceptors (Lipinski definition) is 1. The van der Waals surface area contributed by atoms with E-state index in [1.54, 1.807) is 0 Å². The molecule has 1 heteroatoms. The van der Waals surface area contributed by atoms with Crippen molar-refractivity contribution >= 4 is 0 Å². The quantitative estimate of drug-likeness (QED) is 0.817. The van der Waals surface area contributed by atoms with E-state index in [9.17, 15) is 0 Å². The summed E-state index contributed by atoms with van der Waals surface area (Å²) < 4.78 is 0. The summed E-state index contributed by atoms with van der Waals surface area (Å²) in [4.78, 5) is 0. The van der Waals surface area contributed by atoms with Gasteiger partial charge in [0.1, 0.15) is 0 Å². The third-order valence-corrected chi connectivity index (χ3v) is 3.35. The van der Waals surface area contributed by atoms with Gasteiger partial charge in [0.05, 0.1) is 0 Å². The molecule has 1 rings (SSSR count). The minimum atomic E-state index is 0.255. The first-order valence-corrected chi connectivity index (χ1v) is 6.11. The maximum Gasteiger partial charge on any atom is -0.00436 e. The van der Waals surface area contributed by atoms with E-state index < -0.39 is 0 Å². The first-order valence-electron chi connectivity index (χ1n) is 6.11. The Balaban J connectivity index is 3.11. The van der Waals surface area contributed by atoms with Gasteiger partial charge in [-0.2, -0.15) is 0 Å². The molecular formula is C15H25N. The zero-order valence-electron chi connectivity index (χ0n) is 11.6. The molecule has 0 bridgehead atoms. The molecule has 0 aliphatic carbocycles. The van der Waals surface area contributed by atoms with E-state index >= 15 is 0 Å². The van der Waals surface area contributed by atoms with Crippen LogP contribution in [0.3, 0.4) is 0 Å². The average Bonchev–Trinajstić information content (AvgIpc) is 2.12. The van der Waals surface area contributed by atoms with Crippen LogP contribution in [0.25, 0.3) is 0 Å². The SMILES string of the molecule is CNCCC(C)(C)c1c(C)cc(C)cc1C. The molecule has 1 nitrogen and oxygen atoms in total. The molecular weight excluding hydrogens is 194 g/mol. The van der Waals surface area contributed by atoms with E-state index in [0.717, 1.165) is 6.54 Å². The minimum Gasteiger partial charge on any atom is -0.320 e. The van der Waals surface area contributed by atoms with Gasteiger partial charge < -0.3 is 5.32 Å². The number of benzene rings is 1. The van der Waals surface area contributed by atoms with Gasteiger partial charge in [0.15, 0.2) is 0 Å². The van der Waals surface area contributed by atoms with E-state index in [1.165, 1.54) is 28.7 Å². The van der Waals surface area contributed by atoms with Crippen LogP contribution in [0.15, 0.2) is 12.1 Å². The first kappa shape index (κ1) is 13.2. The number of nitrogens with one attached hydrogen (secondary N) is 1. The maximum absolute atomic E-state index is 3.24. The molecule has 1 aromatic carbocycles. The molecule has 0 aliphatic rings. The second kappa shape index (κ2) is 5.01. The summed E-state index contributed by atoms with van der Waals surface area (Å²) in [6, 6.07) is 4.59. The molecule has 90 valence electrons. The van der Waals surface area contributed by atoms with Crippen LogP contribution < -0.4 is 5.32 Å². The lowest BCUT2D eigenvalue weighted by atomic mass is 9.76. The zero-order chi connectivity index (χ0) is 12.3. The smallest absolute Gasteiger partial charge is 0.00436 e. The molecule has 0 atom stereocenters. The lowest BCUT2D eigenvalue weighted by Gasteiger charge is -2.29. The highest BCUT2D eigenvalue weighted by molar-refractivity contribution is 5.42. The van der Waals surface area contributed by atoms with E-state index in [4.69, 9.17) is 0 Å². The van der Waals surface area contributed by atoms with Crippen molar-refractivity contribution in [1.82, 2.24) is 5.32 Å². The predicted octanol–water partition coefficient (Wildman–Crippen LogP) is 3.50. The second-order valence-corrected chi connectivity index (χ2v) is 5.51. The van der Waals surface area contributed by atoms with Gasteiger partial charge in [-0.25, -0.2) is 0 Å². The number of aryl methyl sites for hydroxylation is 3. The molecule has 0 aliphatic heterocycles. The van der Waals surface area contributed by atoms with E-state index in [2.05, 4.69) is 52.1 Å². The summed E-state index contributed by atoms with van der Waals surface area (Å²) >= 11 is 0. The Morgan fingerprint density at radius 3 is 2.00 bits per heavy atom. The fourth-order valence-corrected chi connectivity index (χ4v) is 2.81. The van der Waals surface area contributed by atoms with Gasteiger partial charge in [-0.3, -0.25) is 0 Å². The summed E-state index contributed by atoms with van der Waals surface area (Å²) in [5.74, 6) is 0. The molecule has 0 unspecified atom stereocenters. The Labute approximate surface area is 100 Å². The lowest BCUT2D eigenvalue weighted by molar-refractivity contribution is 0.464. The Hall–Kier alpha value is -0.820. The summed E-state index contributed by atoms with van der Waals surface area (Å²) in [6.07, 6.45) is 1.17. The van der Waals surface area contributed by atoms with E-state index in [-0.39, 0.29) is 5.41 Å². The van der Waals surface area contributed by atoms with Crippen molar-refractivity contribution in [1.29, 1.82) is 0 Å². The molecule has 0 spiro atoms. The average molecular weight is 219 g/mol. The summed E-state index contributed by atoms with van der Waals surface area (Å²) in [5, 5.41) is 3.24. The highest BCUT2D eigenvalue weighted by atomic mass is 14.8. The Morgan fingerprint density at radius 1 is 1.06 bits per heavy atom. The van der Waals surface area contributed by atoms with Gasteiger partial charge >= 0.3 is 0 Å². The summed E-state index contributed by atoms with van der Waals surface area (Å²) in [6.45, 7) is 12.4. The van der Waals surface area contributed by atoms with E-state index in [0.29, 0.717) is 0 Å². The van der Waals surface area contributed by atoms with Crippen LogP contribution in [0, 0.1) is 20.8 Å². The molecule has 0 aromatic heterocycles. The van der Waals surface area contributed by atoms with Crippen LogP contribution in [0.2, 0.25) is 0 Å². The molecule has 0 saturated carbocycles. The molecule has 0 radical (unpaired) electrons. The molecule has 0 heterocycles. The van der Waals surface area contributed by atoms with Crippen LogP contribution in [-0.2, 0) is 5.41 Å². The molecule has 0 amide bonds. The van der Waals surface area contributed by atoms with Crippen LogP contribution in [0.5, 0.6) is 0 Å². The standard InChI is InChI=1S/C15H25N/c1-11-9-12(2)14(13(3)10-11)15(4,5)7-8-16-6/h9-10,16H,7-8H2,1-6H3. The van der Waals surface area contributed by atoms with Crippen molar-refractivity contribution in [3.8, 4) is 0 Å². The highest BCUT2D eigenvalue weighted by Crippen LogP contribution is 2.32. The third-order valence-electron chi connectivity index (χ3n) is 3.35. The Morgan fingerprint density at radius 2 is 1.56 bits per heavy atom. The summed E-state index contributed by atoms with van der Waals surface area (Å²) in [7, 11) is 2.02. The summed E-state index contributed by atoms with van der Waals surface area (Å²) in [5.41, 5.74) is 6.00. The zero-order valence-corrected chi connectivity index (χ0v) is 11.6. The second-order valence-electron chi connectivity index (χ2n) is 5.51. The van der Waals surface area contributed by atoms with Crippen molar-refractivity contribution < 1.29 is 0 Å². The van der Waals surface area contributed by atoms with Crippen LogP contribution >= 0.6 is 0 Å². The van der Waals surface area contributed by atoms with Crippen molar-refractivity contribution in [2.24, 2.45) is 0 Å². The number of hydrogen-bond donors (Lipinski definition) is 1. The largest absolute Gasteiger partial charge is 0.320 e. The van der Waals surface area contributed by atoms with Crippen molar-refractivity contribution in [3.05, 3.63) is 34.4 Å². The maximum atomic E-state index is 3.24. The fraction of sp³-hybridized carbons (Fsp3) is 0.600. The number of rotatable bonds is 4. The lowest BCUT2D eigenvalue weighted by Crippen LogP contribution is -2.25. The van der Waals surface area contributed by atoms with Gasteiger partial charge in [0.25, 0.3) is 0 Å². The van der Waals surface area contributed by atoms with Crippen LogP contribution in [0.4, 0.5) is 0 Å². The third kappa shape index (κ3) is 2.85. The first-order chi connectivity index (χ1) is 7.38. The molecule has 1 N–H and O–H groups in total. The molecule has 16 heavy (non-hydrogen) atoms.